The van der Waals surface area contributed by atoms with Crippen LogP contribution in [0.1, 0.15) is 32.3 Å². The molecule has 3 atom stereocenters. The molecule has 2 saturated heterocycles. The van der Waals surface area contributed by atoms with Gasteiger partial charge in [-0.15, -0.1) is 0 Å². The lowest BCUT2D eigenvalue weighted by Crippen LogP contribution is -2.54. The quantitative estimate of drug-likeness (QED) is 0.906. The summed E-state index contributed by atoms with van der Waals surface area (Å²) in [4.78, 5) is 2.55. The molecule has 2 aliphatic rings. The highest BCUT2D eigenvalue weighted by atomic mass is 16.5. The van der Waals surface area contributed by atoms with Crippen LogP contribution >= 0.6 is 0 Å². The van der Waals surface area contributed by atoms with Gasteiger partial charge in [-0.3, -0.25) is 4.90 Å². The summed E-state index contributed by atoms with van der Waals surface area (Å²) < 4.78 is 11.4. The fourth-order valence-electron chi connectivity index (χ4n) is 3.24. The number of benzene rings is 1. The molecular formula is C18H28N2O2. The molecule has 3 rings (SSSR count). The Bertz CT molecular complexity index is 457. The number of ether oxygens (including phenoxy) is 2. The molecule has 2 fully saturated rings. The van der Waals surface area contributed by atoms with Crippen LogP contribution in [0.5, 0.6) is 5.75 Å². The Morgan fingerprint density at radius 1 is 1.27 bits per heavy atom. The van der Waals surface area contributed by atoms with E-state index in [0.717, 1.165) is 44.8 Å². The van der Waals surface area contributed by atoms with Crippen LogP contribution in [0.15, 0.2) is 24.3 Å². The molecule has 1 aromatic rings. The third-order valence-corrected chi connectivity index (χ3v) is 4.93. The summed E-state index contributed by atoms with van der Waals surface area (Å²) in [5, 5.41) is 3.53. The van der Waals surface area contributed by atoms with Gasteiger partial charge in [0, 0.05) is 38.3 Å². The van der Waals surface area contributed by atoms with Gasteiger partial charge in [-0.05, 0) is 44.4 Å². The number of hydrogen-bond acceptors (Lipinski definition) is 4. The number of rotatable bonds is 5. The number of nitrogens with one attached hydrogen (secondary N) is 1. The third-order valence-electron chi connectivity index (χ3n) is 4.93. The summed E-state index contributed by atoms with van der Waals surface area (Å²) in [5.41, 5.74) is 1.35. The van der Waals surface area contributed by atoms with E-state index in [1.165, 1.54) is 5.56 Å². The normalized spacial score (nSPS) is 29.6. The van der Waals surface area contributed by atoms with Crippen LogP contribution in [0.2, 0.25) is 0 Å². The highest BCUT2D eigenvalue weighted by Gasteiger charge is 2.23. The average Bonchev–Trinajstić information content (AvgIpc) is 3.05. The first kappa shape index (κ1) is 15.8. The largest absolute Gasteiger partial charge is 0.491 e. The maximum absolute atomic E-state index is 5.82. The Morgan fingerprint density at radius 2 is 2.09 bits per heavy atom. The van der Waals surface area contributed by atoms with Crippen LogP contribution in [0, 0.1) is 0 Å². The Labute approximate surface area is 133 Å². The van der Waals surface area contributed by atoms with Gasteiger partial charge in [0.2, 0.25) is 0 Å². The molecule has 1 aromatic carbocycles. The third kappa shape index (κ3) is 4.00. The van der Waals surface area contributed by atoms with Gasteiger partial charge in [0.05, 0.1) is 6.10 Å². The van der Waals surface area contributed by atoms with Crippen molar-refractivity contribution in [3.05, 3.63) is 29.8 Å². The minimum Gasteiger partial charge on any atom is -0.491 e. The highest BCUT2D eigenvalue weighted by Crippen LogP contribution is 2.19. The summed E-state index contributed by atoms with van der Waals surface area (Å²) in [6.07, 6.45) is 2.56. The lowest BCUT2D eigenvalue weighted by atomic mass is 10.1. The van der Waals surface area contributed by atoms with E-state index in [1.54, 1.807) is 0 Å². The van der Waals surface area contributed by atoms with E-state index in [0.29, 0.717) is 18.7 Å². The molecule has 0 aromatic heterocycles. The molecule has 4 nitrogen and oxygen atoms in total. The Kier molecular flexibility index (Phi) is 5.34. The molecule has 22 heavy (non-hydrogen) atoms. The lowest BCUT2D eigenvalue weighted by molar-refractivity contribution is 0.0679. The van der Waals surface area contributed by atoms with Gasteiger partial charge in [0.1, 0.15) is 12.4 Å². The SMILES string of the molecule is CC1NCCN(Cc2ccc(OCC3CCCO3)cc2)C1C. The number of hydrogen-bond donors (Lipinski definition) is 1. The molecule has 0 amide bonds. The fraction of sp³-hybridized carbons (Fsp3) is 0.667. The Morgan fingerprint density at radius 3 is 2.82 bits per heavy atom. The Balaban J connectivity index is 1.50. The van der Waals surface area contributed by atoms with Crippen molar-refractivity contribution in [3.8, 4) is 5.75 Å². The first-order chi connectivity index (χ1) is 10.7. The molecule has 0 aliphatic carbocycles. The standard InChI is InChI=1S/C18H28N2O2/c1-14-15(2)20(10-9-19-14)12-16-5-7-17(8-6-16)22-13-18-4-3-11-21-18/h5-8,14-15,18-19H,3-4,9-13H2,1-2H3. The summed E-state index contributed by atoms with van der Waals surface area (Å²) in [5.74, 6) is 0.945. The second-order valence-electron chi connectivity index (χ2n) is 6.54. The van der Waals surface area contributed by atoms with E-state index in [4.69, 9.17) is 9.47 Å². The predicted molar refractivity (Wildman–Crippen MR) is 88.2 cm³/mol. The van der Waals surface area contributed by atoms with E-state index in [9.17, 15) is 0 Å². The molecule has 4 heteroatoms. The molecule has 0 bridgehead atoms. The zero-order chi connectivity index (χ0) is 15.4. The Hall–Kier alpha value is -1.10. The average molecular weight is 304 g/mol. The minimum absolute atomic E-state index is 0.280. The molecule has 1 N–H and O–H groups in total. The van der Waals surface area contributed by atoms with Crippen molar-refractivity contribution in [1.82, 2.24) is 10.2 Å². The molecule has 2 heterocycles. The molecule has 122 valence electrons. The predicted octanol–water partition coefficient (Wildman–Crippen LogP) is 2.43. The van der Waals surface area contributed by atoms with Crippen LogP contribution in [0.3, 0.4) is 0 Å². The van der Waals surface area contributed by atoms with Crippen LogP contribution in [-0.4, -0.2) is 49.4 Å². The minimum atomic E-state index is 0.280. The van der Waals surface area contributed by atoms with Crippen molar-refractivity contribution in [2.75, 3.05) is 26.3 Å². The lowest BCUT2D eigenvalue weighted by Gasteiger charge is -2.38. The van der Waals surface area contributed by atoms with Crippen molar-refractivity contribution in [2.45, 2.75) is 51.4 Å². The van der Waals surface area contributed by atoms with E-state index in [1.807, 2.05) is 0 Å². The van der Waals surface area contributed by atoms with E-state index < -0.39 is 0 Å². The van der Waals surface area contributed by atoms with E-state index >= 15 is 0 Å². The molecule has 0 radical (unpaired) electrons. The van der Waals surface area contributed by atoms with Crippen molar-refractivity contribution in [2.24, 2.45) is 0 Å². The van der Waals surface area contributed by atoms with Crippen molar-refractivity contribution >= 4 is 0 Å². The second-order valence-corrected chi connectivity index (χ2v) is 6.54. The zero-order valence-corrected chi connectivity index (χ0v) is 13.8. The number of nitrogens with zero attached hydrogens (tertiary/aromatic N) is 1. The topological polar surface area (TPSA) is 33.7 Å². The van der Waals surface area contributed by atoms with Crippen LogP contribution in [0.25, 0.3) is 0 Å². The van der Waals surface area contributed by atoms with E-state index in [-0.39, 0.29) is 6.10 Å². The fourth-order valence-corrected chi connectivity index (χ4v) is 3.24. The smallest absolute Gasteiger partial charge is 0.119 e. The number of piperazine rings is 1. The zero-order valence-electron chi connectivity index (χ0n) is 13.8. The van der Waals surface area contributed by atoms with Gasteiger partial charge in [0.25, 0.3) is 0 Å². The van der Waals surface area contributed by atoms with Crippen molar-refractivity contribution in [1.29, 1.82) is 0 Å². The second kappa shape index (κ2) is 7.44. The van der Waals surface area contributed by atoms with Gasteiger partial charge >= 0.3 is 0 Å². The molecule has 3 unspecified atom stereocenters. The van der Waals surface area contributed by atoms with Gasteiger partial charge in [-0.25, -0.2) is 0 Å². The van der Waals surface area contributed by atoms with Crippen molar-refractivity contribution in [3.63, 3.8) is 0 Å². The van der Waals surface area contributed by atoms with Crippen LogP contribution < -0.4 is 10.1 Å². The summed E-state index contributed by atoms with van der Waals surface area (Å²) in [6.45, 7) is 9.32. The maximum atomic E-state index is 5.82. The van der Waals surface area contributed by atoms with Crippen molar-refractivity contribution < 1.29 is 9.47 Å². The summed E-state index contributed by atoms with van der Waals surface area (Å²) in [6, 6.07) is 9.67. The molecular weight excluding hydrogens is 276 g/mol. The highest BCUT2D eigenvalue weighted by molar-refractivity contribution is 5.27. The van der Waals surface area contributed by atoms with Gasteiger partial charge < -0.3 is 14.8 Å². The van der Waals surface area contributed by atoms with Crippen LogP contribution in [-0.2, 0) is 11.3 Å². The summed E-state index contributed by atoms with van der Waals surface area (Å²) >= 11 is 0. The maximum Gasteiger partial charge on any atom is 0.119 e. The van der Waals surface area contributed by atoms with Crippen LogP contribution in [0.4, 0.5) is 0 Å². The van der Waals surface area contributed by atoms with Gasteiger partial charge in [-0.2, -0.15) is 0 Å². The monoisotopic (exact) mass is 304 g/mol. The summed E-state index contributed by atoms with van der Waals surface area (Å²) in [7, 11) is 0. The van der Waals surface area contributed by atoms with E-state index in [2.05, 4.69) is 48.3 Å². The molecule has 0 saturated carbocycles. The van der Waals surface area contributed by atoms with Gasteiger partial charge in [-0.1, -0.05) is 12.1 Å². The van der Waals surface area contributed by atoms with Gasteiger partial charge in [0.15, 0.2) is 0 Å². The molecule has 0 spiro atoms. The first-order valence-electron chi connectivity index (χ1n) is 8.53. The first-order valence-corrected chi connectivity index (χ1v) is 8.53. The molecule has 2 aliphatic heterocycles.